The molecule has 1 amide bonds. The zero-order chi connectivity index (χ0) is 18.8. The second kappa shape index (κ2) is 7.62. The first kappa shape index (κ1) is 17.9. The fourth-order valence-electron chi connectivity index (χ4n) is 3.65. The number of hydrogen-bond acceptors (Lipinski definition) is 5. The summed E-state index contributed by atoms with van der Waals surface area (Å²) in [6.45, 7) is 4.81. The van der Waals surface area contributed by atoms with Crippen molar-refractivity contribution in [3.63, 3.8) is 0 Å². The van der Waals surface area contributed by atoms with Gasteiger partial charge in [0.05, 0.1) is 18.8 Å². The summed E-state index contributed by atoms with van der Waals surface area (Å²) < 4.78 is 1.98. The molecule has 2 aromatic heterocycles. The Hall–Kier alpha value is -2.51. The lowest BCUT2D eigenvalue weighted by Gasteiger charge is -2.27. The van der Waals surface area contributed by atoms with Crippen LogP contribution in [0.1, 0.15) is 28.9 Å². The third-order valence-electron chi connectivity index (χ3n) is 5.00. The Morgan fingerprint density at radius 2 is 2.11 bits per heavy atom. The van der Waals surface area contributed by atoms with Gasteiger partial charge in [-0.2, -0.15) is 5.10 Å². The lowest BCUT2D eigenvalue weighted by molar-refractivity contribution is -0.116. The number of benzene rings is 1. The molecule has 1 aliphatic heterocycles. The van der Waals surface area contributed by atoms with Crippen LogP contribution in [0.5, 0.6) is 0 Å². The molecule has 7 heteroatoms. The lowest BCUT2D eigenvalue weighted by atomic mass is 10.0. The lowest BCUT2D eigenvalue weighted by Crippen LogP contribution is -2.32. The van der Waals surface area contributed by atoms with Gasteiger partial charge in [-0.3, -0.25) is 14.4 Å². The van der Waals surface area contributed by atoms with Gasteiger partial charge in [-0.1, -0.05) is 18.2 Å². The van der Waals surface area contributed by atoms with E-state index in [1.54, 1.807) is 23.2 Å². The molecule has 27 heavy (non-hydrogen) atoms. The fourth-order valence-corrected chi connectivity index (χ4v) is 4.31. The predicted octanol–water partition coefficient (Wildman–Crippen LogP) is 2.99. The molecule has 4 rings (SSSR count). The number of anilines is 1. The monoisotopic (exact) mass is 381 g/mol. The second-order valence-corrected chi connectivity index (χ2v) is 7.80. The van der Waals surface area contributed by atoms with E-state index in [-0.39, 0.29) is 5.91 Å². The first-order valence-electron chi connectivity index (χ1n) is 9.09. The Kier molecular flexibility index (Phi) is 5.05. The van der Waals surface area contributed by atoms with Gasteiger partial charge < -0.3 is 4.90 Å². The number of fused-ring (bicyclic) bond motifs is 1. The number of hydrogen-bond donors (Lipinski definition) is 0. The quantitative estimate of drug-likeness (QED) is 0.682. The van der Waals surface area contributed by atoms with Crippen molar-refractivity contribution >= 4 is 22.9 Å². The minimum Gasteiger partial charge on any atom is -0.307 e. The second-order valence-electron chi connectivity index (χ2n) is 6.82. The predicted molar refractivity (Wildman–Crippen MR) is 106 cm³/mol. The van der Waals surface area contributed by atoms with Crippen molar-refractivity contribution < 1.29 is 4.79 Å². The average molecular weight is 382 g/mol. The molecule has 0 spiro atoms. The summed E-state index contributed by atoms with van der Waals surface area (Å²) in [5.41, 5.74) is 4.41. The number of thiazole rings is 1. The summed E-state index contributed by atoms with van der Waals surface area (Å²) in [4.78, 5) is 20.9. The maximum Gasteiger partial charge on any atom is 0.224 e. The summed E-state index contributed by atoms with van der Waals surface area (Å²) in [6.07, 6.45) is 2.82. The molecule has 3 aromatic rings. The molecule has 3 heterocycles. The molecule has 0 unspecified atom stereocenters. The SMILES string of the molecule is CC(=O)N(Cc1nn(C)c2c1CN(Cc1nccs1)CC2)c1ccccc1. The van der Waals surface area contributed by atoms with E-state index in [2.05, 4.69) is 9.88 Å². The van der Waals surface area contributed by atoms with Crippen molar-refractivity contribution in [1.82, 2.24) is 19.7 Å². The van der Waals surface area contributed by atoms with Gasteiger partial charge >= 0.3 is 0 Å². The molecule has 0 aliphatic carbocycles. The number of aromatic nitrogens is 3. The van der Waals surface area contributed by atoms with Gasteiger partial charge in [0.15, 0.2) is 0 Å². The Morgan fingerprint density at radius 1 is 1.30 bits per heavy atom. The van der Waals surface area contributed by atoms with Crippen LogP contribution in [0, 0.1) is 0 Å². The summed E-state index contributed by atoms with van der Waals surface area (Å²) in [7, 11) is 2.00. The van der Waals surface area contributed by atoms with Crippen molar-refractivity contribution in [2.24, 2.45) is 7.05 Å². The molecule has 1 aromatic carbocycles. The van der Waals surface area contributed by atoms with Crippen LogP contribution in [0.25, 0.3) is 0 Å². The van der Waals surface area contributed by atoms with Crippen molar-refractivity contribution in [1.29, 1.82) is 0 Å². The van der Waals surface area contributed by atoms with Crippen LogP contribution in [0.2, 0.25) is 0 Å². The number of rotatable bonds is 5. The highest BCUT2D eigenvalue weighted by Gasteiger charge is 2.26. The molecule has 0 saturated carbocycles. The van der Waals surface area contributed by atoms with E-state index in [1.165, 1.54) is 11.3 Å². The van der Waals surface area contributed by atoms with Crippen molar-refractivity contribution in [3.8, 4) is 0 Å². The molecule has 1 aliphatic rings. The Labute approximate surface area is 163 Å². The van der Waals surface area contributed by atoms with E-state index in [9.17, 15) is 4.79 Å². The Balaban J connectivity index is 1.58. The minimum absolute atomic E-state index is 0.0241. The van der Waals surface area contributed by atoms with Crippen molar-refractivity contribution in [3.05, 3.63) is 63.9 Å². The molecule has 0 atom stereocenters. The summed E-state index contributed by atoms with van der Waals surface area (Å²) >= 11 is 1.69. The van der Waals surface area contributed by atoms with Crippen LogP contribution in [-0.2, 0) is 37.9 Å². The molecular formula is C20H23N5OS. The van der Waals surface area contributed by atoms with E-state index in [4.69, 9.17) is 5.10 Å². The van der Waals surface area contributed by atoms with E-state index in [1.807, 2.05) is 53.6 Å². The number of amides is 1. The largest absolute Gasteiger partial charge is 0.307 e. The zero-order valence-electron chi connectivity index (χ0n) is 15.6. The average Bonchev–Trinajstić information content (AvgIpc) is 3.28. The van der Waals surface area contributed by atoms with Crippen LogP contribution in [0.3, 0.4) is 0 Å². The number of para-hydroxylation sites is 1. The molecular weight excluding hydrogens is 358 g/mol. The minimum atomic E-state index is 0.0241. The highest BCUT2D eigenvalue weighted by atomic mass is 32.1. The highest BCUT2D eigenvalue weighted by molar-refractivity contribution is 7.09. The van der Waals surface area contributed by atoms with Crippen molar-refractivity contribution in [2.75, 3.05) is 11.4 Å². The van der Waals surface area contributed by atoms with Crippen LogP contribution < -0.4 is 4.90 Å². The summed E-state index contributed by atoms with van der Waals surface area (Å²) in [5, 5.41) is 7.91. The third kappa shape index (κ3) is 3.79. The normalized spacial score (nSPS) is 14.1. The van der Waals surface area contributed by atoms with E-state index >= 15 is 0 Å². The molecule has 140 valence electrons. The number of nitrogens with zero attached hydrogens (tertiary/aromatic N) is 5. The first-order chi connectivity index (χ1) is 13.1. The Morgan fingerprint density at radius 3 is 2.81 bits per heavy atom. The molecule has 6 nitrogen and oxygen atoms in total. The Bertz CT molecular complexity index is 920. The van der Waals surface area contributed by atoms with Crippen molar-refractivity contribution in [2.45, 2.75) is 33.0 Å². The zero-order valence-corrected chi connectivity index (χ0v) is 16.4. The van der Waals surface area contributed by atoms with Gasteiger partial charge in [0, 0.05) is 62.0 Å². The smallest absolute Gasteiger partial charge is 0.224 e. The maximum absolute atomic E-state index is 12.3. The van der Waals surface area contributed by atoms with E-state index in [0.717, 1.165) is 42.4 Å². The number of carbonyl (C=O) groups is 1. The van der Waals surface area contributed by atoms with E-state index in [0.29, 0.717) is 6.54 Å². The van der Waals surface area contributed by atoms with E-state index < -0.39 is 0 Å². The van der Waals surface area contributed by atoms with Crippen LogP contribution >= 0.6 is 11.3 Å². The molecule has 0 saturated heterocycles. The number of aryl methyl sites for hydroxylation is 1. The summed E-state index contributed by atoms with van der Waals surface area (Å²) in [6, 6.07) is 9.79. The van der Waals surface area contributed by atoms with Crippen LogP contribution in [0.4, 0.5) is 5.69 Å². The fraction of sp³-hybridized carbons (Fsp3) is 0.350. The third-order valence-corrected chi connectivity index (χ3v) is 5.77. The number of carbonyl (C=O) groups excluding carboxylic acids is 1. The molecule has 0 fully saturated rings. The molecule has 0 bridgehead atoms. The van der Waals surface area contributed by atoms with Crippen LogP contribution in [-0.4, -0.2) is 32.1 Å². The topological polar surface area (TPSA) is 54.3 Å². The first-order valence-corrected chi connectivity index (χ1v) is 9.97. The van der Waals surface area contributed by atoms with Gasteiger partial charge in [0.1, 0.15) is 5.01 Å². The highest BCUT2D eigenvalue weighted by Crippen LogP contribution is 2.26. The summed E-state index contributed by atoms with van der Waals surface area (Å²) in [5.74, 6) is 0.0241. The maximum atomic E-state index is 12.3. The van der Waals surface area contributed by atoms with Gasteiger partial charge in [0.2, 0.25) is 5.91 Å². The van der Waals surface area contributed by atoms with Crippen LogP contribution in [0.15, 0.2) is 41.9 Å². The van der Waals surface area contributed by atoms with Gasteiger partial charge in [-0.15, -0.1) is 11.3 Å². The van der Waals surface area contributed by atoms with Gasteiger partial charge in [-0.05, 0) is 12.1 Å². The van der Waals surface area contributed by atoms with Gasteiger partial charge in [0.25, 0.3) is 0 Å². The molecule has 0 radical (unpaired) electrons. The van der Waals surface area contributed by atoms with Gasteiger partial charge in [-0.25, -0.2) is 4.98 Å². The molecule has 0 N–H and O–H groups in total. The standard InChI is InChI=1S/C20H23N5OS/c1-15(26)25(16-6-4-3-5-7-16)13-18-17-12-24(14-20-21-9-11-27-20)10-8-19(17)23(2)22-18/h3-7,9,11H,8,10,12-14H2,1-2H3.